The predicted octanol–water partition coefficient (Wildman–Crippen LogP) is 6.24. The summed E-state index contributed by atoms with van der Waals surface area (Å²) in [5.74, 6) is -0.875. The number of nitrogens with one attached hydrogen (secondary N) is 2. The molecule has 186 valence electrons. The van der Waals surface area contributed by atoms with Crippen molar-refractivity contribution in [2.45, 2.75) is 12.8 Å². The third kappa shape index (κ3) is 6.61. The van der Waals surface area contributed by atoms with Crippen LogP contribution in [0.25, 0.3) is 0 Å². The molecule has 4 rings (SSSR count). The molecule has 0 saturated carbocycles. The van der Waals surface area contributed by atoms with Gasteiger partial charge < -0.3 is 20.1 Å². The summed E-state index contributed by atoms with van der Waals surface area (Å²) in [5, 5.41) is 5.83. The minimum absolute atomic E-state index is 0.201. The van der Waals surface area contributed by atoms with Gasteiger partial charge in [0.1, 0.15) is 5.75 Å². The normalized spacial score (nSPS) is 10.4. The van der Waals surface area contributed by atoms with Gasteiger partial charge in [0.15, 0.2) is 0 Å². The van der Waals surface area contributed by atoms with Crippen LogP contribution >= 0.6 is 0 Å². The van der Waals surface area contributed by atoms with E-state index in [1.54, 1.807) is 31.2 Å². The molecule has 7 heteroatoms. The molecule has 0 aliphatic rings. The van der Waals surface area contributed by atoms with Crippen molar-refractivity contribution in [2.75, 3.05) is 17.2 Å². The minimum atomic E-state index is -0.811. The third-order valence-corrected chi connectivity index (χ3v) is 5.54. The zero-order valence-electron chi connectivity index (χ0n) is 20.2. The third-order valence-electron chi connectivity index (χ3n) is 5.54. The maximum Gasteiger partial charge on any atom is 0.513 e. The predicted molar refractivity (Wildman–Crippen MR) is 142 cm³/mol. The number of ether oxygens (including phenoxy) is 2. The molecule has 0 fully saturated rings. The zero-order valence-corrected chi connectivity index (χ0v) is 20.2. The van der Waals surface area contributed by atoms with Crippen LogP contribution in [0.3, 0.4) is 0 Å². The summed E-state index contributed by atoms with van der Waals surface area (Å²) < 4.78 is 9.77. The van der Waals surface area contributed by atoms with Crippen LogP contribution in [0.15, 0.2) is 109 Å². The Labute approximate surface area is 215 Å². The van der Waals surface area contributed by atoms with Crippen LogP contribution in [0.2, 0.25) is 0 Å². The zero-order chi connectivity index (χ0) is 26.0. The molecule has 0 atom stereocenters. The SMILES string of the molecule is CCOC(=O)Oc1ccc(C(=O)Nc2ccccc2NC(=O)C(c2ccccc2)c2ccccc2)cc1. The first-order chi connectivity index (χ1) is 18.0. The van der Waals surface area contributed by atoms with Gasteiger partial charge in [-0.25, -0.2) is 4.79 Å². The first kappa shape index (κ1) is 25.2. The Bertz CT molecular complexity index is 1320. The maximum absolute atomic E-state index is 13.5. The van der Waals surface area contributed by atoms with Crippen molar-refractivity contribution in [3.63, 3.8) is 0 Å². The van der Waals surface area contributed by atoms with Gasteiger partial charge >= 0.3 is 6.16 Å². The number of benzene rings is 4. The highest BCUT2D eigenvalue weighted by molar-refractivity contribution is 6.08. The second kappa shape index (κ2) is 12.2. The number of carbonyl (C=O) groups is 3. The van der Waals surface area contributed by atoms with Gasteiger partial charge in [-0.15, -0.1) is 0 Å². The topological polar surface area (TPSA) is 93.7 Å². The summed E-state index contributed by atoms with van der Waals surface area (Å²) >= 11 is 0. The fourth-order valence-corrected chi connectivity index (χ4v) is 3.80. The first-order valence-corrected chi connectivity index (χ1v) is 11.8. The summed E-state index contributed by atoms with van der Waals surface area (Å²) in [7, 11) is 0. The van der Waals surface area contributed by atoms with Gasteiger partial charge in [-0.2, -0.15) is 0 Å². The molecule has 2 N–H and O–H groups in total. The lowest BCUT2D eigenvalue weighted by Gasteiger charge is -2.19. The number of amides is 2. The largest absolute Gasteiger partial charge is 0.513 e. The van der Waals surface area contributed by atoms with Crippen molar-refractivity contribution in [1.82, 2.24) is 0 Å². The van der Waals surface area contributed by atoms with Crippen LogP contribution < -0.4 is 15.4 Å². The van der Waals surface area contributed by atoms with E-state index < -0.39 is 12.1 Å². The Hall–Kier alpha value is -4.91. The monoisotopic (exact) mass is 494 g/mol. The van der Waals surface area contributed by atoms with E-state index in [1.807, 2.05) is 60.7 Å². The van der Waals surface area contributed by atoms with E-state index in [0.717, 1.165) is 11.1 Å². The molecule has 4 aromatic carbocycles. The highest BCUT2D eigenvalue weighted by Crippen LogP contribution is 2.29. The molecule has 0 heterocycles. The van der Waals surface area contributed by atoms with Gasteiger partial charge in [-0.3, -0.25) is 9.59 Å². The van der Waals surface area contributed by atoms with E-state index in [9.17, 15) is 14.4 Å². The Morgan fingerprint density at radius 3 is 1.73 bits per heavy atom. The summed E-state index contributed by atoms with van der Waals surface area (Å²) in [6.45, 7) is 1.88. The lowest BCUT2D eigenvalue weighted by molar-refractivity contribution is -0.116. The molecule has 0 spiro atoms. The number of anilines is 2. The van der Waals surface area contributed by atoms with Crippen LogP contribution in [-0.2, 0) is 9.53 Å². The Kier molecular flexibility index (Phi) is 8.29. The molecule has 4 aromatic rings. The summed E-state index contributed by atoms with van der Waals surface area (Å²) in [5.41, 5.74) is 2.99. The highest BCUT2D eigenvalue weighted by atomic mass is 16.7. The van der Waals surface area contributed by atoms with E-state index in [4.69, 9.17) is 9.47 Å². The van der Waals surface area contributed by atoms with E-state index in [-0.39, 0.29) is 24.2 Å². The Balaban J connectivity index is 1.51. The van der Waals surface area contributed by atoms with Crippen molar-refractivity contribution in [3.05, 3.63) is 126 Å². The number of para-hydroxylation sites is 2. The molecule has 0 aliphatic carbocycles. The quantitative estimate of drug-likeness (QED) is 0.223. The van der Waals surface area contributed by atoms with Gasteiger partial charge in [-0.1, -0.05) is 72.8 Å². The van der Waals surface area contributed by atoms with E-state index >= 15 is 0 Å². The molecule has 0 radical (unpaired) electrons. The van der Waals surface area contributed by atoms with Gasteiger partial charge in [0.05, 0.1) is 23.9 Å². The molecular weight excluding hydrogens is 468 g/mol. The van der Waals surface area contributed by atoms with E-state index in [1.165, 1.54) is 24.3 Å². The van der Waals surface area contributed by atoms with E-state index in [0.29, 0.717) is 16.9 Å². The lowest BCUT2D eigenvalue weighted by atomic mass is 9.90. The second-order valence-corrected chi connectivity index (χ2v) is 8.05. The fourth-order valence-electron chi connectivity index (χ4n) is 3.80. The van der Waals surface area contributed by atoms with Gasteiger partial charge in [0, 0.05) is 5.56 Å². The number of hydrogen-bond donors (Lipinski definition) is 2. The number of carbonyl (C=O) groups excluding carboxylic acids is 3. The molecule has 0 bridgehead atoms. The molecule has 0 aromatic heterocycles. The van der Waals surface area contributed by atoms with Gasteiger partial charge in [0.2, 0.25) is 5.91 Å². The van der Waals surface area contributed by atoms with Crippen LogP contribution in [0.5, 0.6) is 5.75 Å². The van der Waals surface area contributed by atoms with E-state index in [2.05, 4.69) is 10.6 Å². The minimum Gasteiger partial charge on any atom is -0.434 e. The smallest absolute Gasteiger partial charge is 0.434 e. The molecule has 0 saturated heterocycles. The van der Waals surface area contributed by atoms with Crippen molar-refractivity contribution >= 4 is 29.3 Å². The van der Waals surface area contributed by atoms with Crippen molar-refractivity contribution in [2.24, 2.45) is 0 Å². The van der Waals surface area contributed by atoms with Crippen LogP contribution in [0, 0.1) is 0 Å². The average molecular weight is 495 g/mol. The summed E-state index contributed by atoms with van der Waals surface area (Å²) in [4.78, 5) is 37.9. The number of hydrogen-bond acceptors (Lipinski definition) is 5. The van der Waals surface area contributed by atoms with Gasteiger partial charge in [-0.05, 0) is 54.4 Å². The van der Waals surface area contributed by atoms with Crippen molar-refractivity contribution < 1.29 is 23.9 Å². The van der Waals surface area contributed by atoms with Crippen LogP contribution in [0.4, 0.5) is 16.2 Å². The highest BCUT2D eigenvalue weighted by Gasteiger charge is 2.23. The van der Waals surface area contributed by atoms with Crippen LogP contribution in [0.1, 0.15) is 34.3 Å². The molecular formula is C30H26N2O5. The summed E-state index contributed by atoms with van der Waals surface area (Å²) in [6, 6.07) is 32.2. The van der Waals surface area contributed by atoms with Crippen molar-refractivity contribution in [3.8, 4) is 5.75 Å². The standard InChI is InChI=1S/C30H26N2O5/c1-2-36-30(35)37-24-19-17-23(18-20-24)28(33)31-25-15-9-10-16-26(25)32-29(34)27(21-11-5-3-6-12-21)22-13-7-4-8-14-22/h3-20,27H,2H2,1H3,(H,31,33)(H,32,34). The molecule has 0 unspecified atom stereocenters. The maximum atomic E-state index is 13.5. The second-order valence-electron chi connectivity index (χ2n) is 8.05. The molecule has 37 heavy (non-hydrogen) atoms. The fraction of sp³-hybridized carbons (Fsp3) is 0.100. The molecule has 7 nitrogen and oxygen atoms in total. The Morgan fingerprint density at radius 2 is 1.19 bits per heavy atom. The number of rotatable bonds is 8. The molecule has 0 aliphatic heterocycles. The Morgan fingerprint density at radius 1 is 0.676 bits per heavy atom. The average Bonchev–Trinajstić information content (AvgIpc) is 2.92. The first-order valence-electron chi connectivity index (χ1n) is 11.8. The van der Waals surface area contributed by atoms with Crippen LogP contribution in [-0.4, -0.2) is 24.6 Å². The molecule has 2 amide bonds. The van der Waals surface area contributed by atoms with Gasteiger partial charge in [0.25, 0.3) is 5.91 Å². The summed E-state index contributed by atoms with van der Waals surface area (Å²) in [6.07, 6.45) is -0.811. The lowest BCUT2D eigenvalue weighted by Crippen LogP contribution is -2.23. The van der Waals surface area contributed by atoms with Crippen molar-refractivity contribution in [1.29, 1.82) is 0 Å².